The van der Waals surface area contributed by atoms with E-state index in [-0.39, 0.29) is 0 Å². The monoisotopic (exact) mass is 287 g/mol. The number of benzene rings is 1. The highest BCUT2D eigenvalue weighted by Gasteiger charge is 2.33. The van der Waals surface area contributed by atoms with Crippen molar-refractivity contribution in [3.05, 3.63) is 35.9 Å². The SMILES string of the molecule is CCNC1CCC(c2ccccc2)CC1CC1CCCO1. The summed E-state index contributed by atoms with van der Waals surface area (Å²) in [5.41, 5.74) is 1.53. The summed E-state index contributed by atoms with van der Waals surface area (Å²) in [4.78, 5) is 0. The van der Waals surface area contributed by atoms with Gasteiger partial charge in [-0.05, 0) is 62.5 Å². The van der Waals surface area contributed by atoms with Gasteiger partial charge in [-0.25, -0.2) is 0 Å². The normalized spacial score (nSPS) is 33.2. The molecule has 0 bridgehead atoms. The topological polar surface area (TPSA) is 21.3 Å². The maximum Gasteiger partial charge on any atom is 0.0579 e. The van der Waals surface area contributed by atoms with Crippen LogP contribution in [0.4, 0.5) is 0 Å². The fourth-order valence-electron chi connectivity index (χ4n) is 4.25. The van der Waals surface area contributed by atoms with E-state index in [0.29, 0.717) is 12.1 Å². The summed E-state index contributed by atoms with van der Waals surface area (Å²) >= 11 is 0. The predicted octanol–water partition coefficient (Wildman–Crippen LogP) is 4.12. The minimum atomic E-state index is 0.519. The Labute approximate surface area is 129 Å². The van der Waals surface area contributed by atoms with Crippen LogP contribution in [0.2, 0.25) is 0 Å². The van der Waals surface area contributed by atoms with Gasteiger partial charge in [-0.1, -0.05) is 37.3 Å². The third-order valence-electron chi connectivity index (χ3n) is 5.31. The molecule has 4 atom stereocenters. The molecule has 0 amide bonds. The van der Waals surface area contributed by atoms with Gasteiger partial charge < -0.3 is 10.1 Å². The fourth-order valence-corrected chi connectivity index (χ4v) is 4.25. The van der Waals surface area contributed by atoms with Crippen LogP contribution in [0.25, 0.3) is 0 Å². The lowest BCUT2D eigenvalue weighted by Gasteiger charge is -2.38. The molecule has 1 heterocycles. The number of hydrogen-bond donors (Lipinski definition) is 1. The lowest BCUT2D eigenvalue weighted by Crippen LogP contribution is -2.41. The van der Waals surface area contributed by atoms with Gasteiger partial charge in [-0.3, -0.25) is 0 Å². The van der Waals surface area contributed by atoms with Crippen LogP contribution in [0.5, 0.6) is 0 Å². The molecule has 1 N–H and O–H groups in total. The lowest BCUT2D eigenvalue weighted by atomic mass is 9.73. The van der Waals surface area contributed by atoms with Crippen molar-refractivity contribution >= 4 is 0 Å². The van der Waals surface area contributed by atoms with Gasteiger partial charge in [0.25, 0.3) is 0 Å². The van der Waals surface area contributed by atoms with E-state index in [1.807, 2.05) is 0 Å². The van der Waals surface area contributed by atoms with E-state index in [9.17, 15) is 0 Å². The summed E-state index contributed by atoms with van der Waals surface area (Å²) in [6.45, 7) is 4.29. The van der Waals surface area contributed by atoms with Crippen LogP contribution in [0, 0.1) is 5.92 Å². The van der Waals surface area contributed by atoms with Crippen LogP contribution >= 0.6 is 0 Å². The molecule has 2 fully saturated rings. The minimum Gasteiger partial charge on any atom is -0.378 e. The third kappa shape index (κ3) is 3.87. The molecule has 4 unspecified atom stereocenters. The lowest BCUT2D eigenvalue weighted by molar-refractivity contribution is 0.0725. The van der Waals surface area contributed by atoms with E-state index in [4.69, 9.17) is 4.74 Å². The zero-order valence-electron chi connectivity index (χ0n) is 13.3. The van der Waals surface area contributed by atoms with Crippen LogP contribution < -0.4 is 5.32 Å². The van der Waals surface area contributed by atoms with Crippen molar-refractivity contribution in [2.24, 2.45) is 5.92 Å². The van der Waals surface area contributed by atoms with Crippen molar-refractivity contribution in [2.75, 3.05) is 13.2 Å². The quantitative estimate of drug-likeness (QED) is 0.879. The molecule has 21 heavy (non-hydrogen) atoms. The molecule has 2 heteroatoms. The molecular weight excluding hydrogens is 258 g/mol. The van der Waals surface area contributed by atoms with Crippen LogP contribution in [0.1, 0.15) is 56.9 Å². The first-order valence-electron chi connectivity index (χ1n) is 8.76. The van der Waals surface area contributed by atoms with Crippen molar-refractivity contribution in [3.8, 4) is 0 Å². The Balaban J connectivity index is 1.65. The molecule has 1 aromatic rings. The van der Waals surface area contributed by atoms with Crippen molar-refractivity contribution in [2.45, 2.75) is 63.5 Å². The molecule has 1 aliphatic heterocycles. The standard InChI is InChI=1S/C19H29NO/c1-2-20-19-11-10-16(15-7-4-3-5-8-15)13-17(19)14-18-9-6-12-21-18/h3-5,7-8,16-20H,2,6,9-14H2,1H3. The second kappa shape index (κ2) is 7.42. The average molecular weight is 287 g/mol. The maximum atomic E-state index is 5.90. The average Bonchev–Trinajstić information content (AvgIpc) is 3.03. The van der Waals surface area contributed by atoms with Gasteiger partial charge in [-0.15, -0.1) is 0 Å². The zero-order chi connectivity index (χ0) is 14.5. The van der Waals surface area contributed by atoms with Crippen LogP contribution in [-0.4, -0.2) is 25.3 Å². The van der Waals surface area contributed by atoms with Crippen molar-refractivity contribution in [1.29, 1.82) is 0 Å². The highest BCUT2D eigenvalue weighted by Crippen LogP contribution is 2.39. The van der Waals surface area contributed by atoms with Gasteiger partial charge >= 0.3 is 0 Å². The molecule has 0 spiro atoms. The first-order valence-corrected chi connectivity index (χ1v) is 8.76. The Kier molecular flexibility index (Phi) is 5.32. The largest absolute Gasteiger partial charge is 0.378 e. The Morgan fingerprint density at radius 2 is 2.00 bits per heavy atom. The van der Waals surface area contributed by atoms with E-state index < -0.39 is 0 Å². The van der Waals surface area contributed by atoms with Crippen molar-refractivity contribution < 1.29 is 4.74 Å². The number of ether oxygens (including phenoxy) is 1. The number of nitrogens with one attached hydrogen (secondary N) is 1. The molecule has 1 saturated carbocycles. The summed E-state index contributed by atoms with van der Waals surface area (Å²) in [5.74, 6) is 1.51. The number of hydrogen-bond acceptors (Lipinski definition) is 2. The molecule has 1 saturated heterocycles. The molecule has 1 aliphatic carbocycles. The fraction of sp³-hybridized carbons (Fsp3) is 0.684. The second-order valence-electron chi connectivity index (χ2n) is 6.72. The third-order valence-corrected chi connectivity index (χ3v) is 5.31. The van der Waals surface area contributed by atoms with E-state index in [0.717, 1.165) is 25.0 Å². The minimum absolute atomic E-state index is 0.519. The smallest absolute Gasteiger partial charge is 0.0579 e. The molecule has 0 aromatic heterocycles. The molecule has 2 aliphatic rings. The van der Waals surface area contributed by atoms with Gasteiger partial charge in [0.05, 0.1) is 6.10 Å². The highest BCUT2D eigenvalue weighted by atomic mass is 16.5. The Morgan fingerprint density at radius 3 is 2.71 bits per heavy atom. The van der Waals surface area contributed by atoms with Crippen LogP contribution in [-0.2, 0) is 4.74 Å². The van der Waals surface area contributed by atoms with Gasteiger partial charge in [0.2, 0.25) is 0 Å². The highest BCUT2D eigenvalue weighted by molar-refractivity contribution is 5.20. The Morgan fingerprint density at radius 1 is 1.14 bits per heavy atom. The summed E-state index contributed by atoms with van der Waals surface area (Å²) in [7, 11) is 0. The first-order chi connectivity index (χ1) is 10.4. The molecule has 116 valence electrons. The summed E-state index contributed by atoms with van der Waals surface area (Å²) in [6.07, 6.45) is 8.25. The summed E-state index contributed by atoms with van der Waals surface area (Å²) in [5, 5.41) is 3.72. The predicted molar refractivity (Wildman–Crippen MR) is 87.6 cm³/mol. The van der Waals surface area contributed by atoms with Crippen molar-refractivity contribution in [1.82, 2.24) is 5.32 Å². The van der Waals surface area contributed by atoms with E-state index in [1.54, 1.807) is 0 Å². The molecule has 3 rings (SSSR count). The van der Waals surface area contributed by atoms with Gasteiger partial charge in [-0.2, -0.15) is 0 Å². The van der Waals surface area contributed by atoms with E-state index in [1.165, 1.54) is 44.1 Å². The maximum absolute atomic E-state index is 5.90. The van der Waals surface area contributed by atoms with Gasteiger partial charge in [0.15, 0.2) is 0 Å². The van der Waals surface area contributed by atoms with E-state index >= 15 is 0 Å². The van der Waals surface area contributed by atoms with Gasteiger partial charge in [0.1, 0.15) is 0 Å². The molecule has 1 aromatic carbocycles. The molecule has 0 radical (unpaired) electrons. The molecular formula is C19H29NO. The number of rotatable bonds is 5. The summed E-state index contributed by atoms with van der Waals surface area (Å²) < 4.78 is 5.90. The Hall–Kier alpha value is -0.860. The summed E-state index contributed by atoms with van der Waals surface area (Å²) in [6, 6.07) is 11.8. The van der Waals surface area contributed by atoms with Crippen LogP contribution in [0.15, 0.2) is 30.3 Å². The zero-order valence-corrected chi connectivity index (χ0v) is 13.3. The van der Waals surface area contributed by atoms with Crippen LogP contribution in [0.3, 0.4) is 0 Å². The second-order valence-corrected chi connectivity index (χ2v) is 6.72. The first kappa shape index (κ1) is 15.1. The van der Waals surface area contributed by atoms with Crippen molar-refractivity contribution in [3.63, 3.8) is 0 Å². The van der Waals surface area contributed by atoms with Gasteiger partial charge in [0, 0.05) is 12.6 Å². The Bertz CT molecular complexity index is 413. The molecule has 2 nitrogen and oxygen atoms in total. The van der Waals surface area contributed by atoms with E-state index in [2.05, 4.69) is 42.6 Å².